The molecule has 1 aliphatic rings. The van der Waals surface area contributed by atoms with Gasteiger partial charge in [-0.05, 0) is 19.9 Å². The van der Waals surface area contributed by atoms with Gasteiger partial charge < -0.3 is 0 Å². The van der Waals surface area contributed by atoms with Crippen molar-refractivity contribution >= 4 is 15.7 Å². The van der Waals surface area contributed by atoms with E-state index in [-0.39, 0.29) is 0 Å². The molecule has 14 heavy (non-hydrogen) atoms. The molecule has 0 saturated heterocycles. The van der Waals surface area contributed by atoms with E-state index in [9.17, 15) is 8.42 Å². The standard InChI is InChI=1S/C10H11NO2S/c1-7(2)10-8-5-3-4-6-9(8)14(12,13)11-10/h3-6,11H,1-2H3. The van der Waals surface area contributed by atoms with E-state index in [1.807, 2.05) is 26.0 Å². The Morgan fingerprint density at radius 2 is 1.86 bits per heavy atom. The van der Waals surface area contributed by atoms with Crippen LogP contribution in [0.3, 0.4) is 0 Å². The number of nitrogens with one attached hydrogen (secondary N) is 1. The van der Waals surface area contributed by atoms with Crippen LogP contribution in [0.15, 0.2) is 34.7 Å². The first kappa shape index (κ1) is 9.27. The summed E-state index contributed by atoms with van der Waals surface area (Å²) < 4.78 is 25.8. The zero-order chi connectivity index (χ0) is 10.3. The van der Waals surface area contributed by atoms with Gasteiger partial charge >= 0.3 is 0 Å². The average molecular weight is 209 g/mol. The molecule has 1 heterocycles. The number of fused-ring (bicyclic) bond motifs is 1. The van der Waals surface area contributed by atoms with Crippen molar-refractivity contribution in [1.82, 2.24) is 4.72 Å². The quantitative estimate of drug-likeness (QED) is 0.707. The molecule has 0 atom stereocenters. The third-order valence-electron chi connectivity index (χ3n) is 2.18. The van der Waals surface area contributed by atoms with E-state index >= 15 is 0 Å². The fraction of sp³-hybridized carbons (Fsp3) is 0.200. The van der Waals surface area contributed by atoms with Gasteiger partial charge in [-0.25, -0.2) is 8.42 Å². The van der Waals surface area contributed by atoms with Gasteiger partial charge in [0.1, 0.15) is 0 Å². The Kier molecular flexibility index (Phi) is 1.89. The van der Waals surface area contributed by atoms with Crippen LogP contribution in [-0.4, -0.2) is 8.42 Å². The monoisotopic (exact) mass is 209 g/mol. The molecule has 1 N–H and O–H groups in total. The van der Waals surface area contributed by atoms with Crippen molar-refractivity contribution < 1.29 is 8.42 Å². The molecule has 1 aromatic carbocycles. The van der Waals surface area contributed by atoms with Crippen LogP contribution in [0.5, 0.6) is 0 Å². The van der Waals surface area contributed by atoms with Gasteiger partial charge in [0.05, 0.1) is 10.6 Å². The largest absolute Gasteiger partial charge is 0.279 e. The van der Waals surface area contributed by atoms with E-state index in [2.05, 4.69) is 4.72 Å². The molecule has 0 amide bonds. The number of benzene rings is 1. The van der Waals surface area contributed by atoms with Crippen molar-refractivity contribution in [2.24, 2.45) is 0 Å². The van der Waals surface area contributed by atoms with Gasteiger partial charge in [-0.15, -0.1) is 0 Å². The van der Waals surface area contributed by atoms with Crippen molar-refractivity contribution in [3.63, 3.8) is 0 Å². The summed E-state index contributed by atoms with van der Waals surface area (Å²) in [5.74, 6) is 0. The van der Waals surface area contributed by atoms with E-state index in [1.54, 1.807) is 12.1 Å². The lowest BCUT2D eigenvalue weighted by atomic mass is 10.1. The van der Waals surface area contributed by atoms with Crippen LogP contribution in [-0.2, 0) is 10.0 Å². The molecule has 0 saturated carbocycles. The van der Waals surface area contributed by atoms with Gasteiger partial charge in [0.2, 0.25) is 0 Å². The lowest BCUT2D eigenvalue weighted by Gasteiger charge is -2.00. The second-order valence-corrected chi connectivity index (χ2v) is 5.13. The fourth-order valence-electron chi connectivity index (χ4n) is 1.52. The third kappa shape index (κ3) is 1.23. The SMILES string of the molecule is CC(C)=C1NS(=O)(=O)c2ccccc21. The zero-order valence-corrected chi connectivity index (χ0v) is 8.85. The third-order valence-corrected chi connectivity index (χ3v) is 3.59. The van der Waals surface area contributed by atoms with Gasteiger partial charge in [0.25, 0.3) is 10.0 Å². The highest BCUT2D eigenvalue weighted by Gasteiger charge is 2.29. The minimum Gasteiger partial charge on any atom is -0.279 e. The highest BCUT2D eigenvalue weighted by Crippen LogP contribution is 2.31. The Bertz CT molecular complexity index is 511. The molecule has 2 rings (SSSR count). The minimum absolute atomic E-state index is 0.371. The molecule has 1 aromatic rings. The summed E-state index contributed by atoms with van der Waals surface area (Å²) in [5.41, 5.74) is 2.45. The summed E-state index contributed by atoms with van der Waals surface area (Å²) in [7, 11) is -3.31. The minimum atomic E-state index is -3.31. The summed E-state index contributed by atoms with van der Waals surface area (Å²) in [6, 6.07) is 7.00. The second-order valence-electron chi connectivity index (χ2n) is 3.48. The Labute approximate surface area is 83.5 Å². The highest BCUT2D eigenvalue weighted by atomic mass is 32.2. The molecule has 4 heteroatoms. The van der Waals surface area contributed by atoms with Gasteiger partial charge in [-0.3, -0.25) is 4.72 Å². The first-order valence-corrected chi connectivity index (χ1v) is 5.80. The van der Waals surface area contributed by atoms with E-state index in [0.29, 0.717) is 10.6 Å². The Hall–Kier alpha value is -1.29. The normalized spacial score (nSPS) is 17.4. The molecule has 0 aliphatic carbocycles. The maximum absolute atomic E-state index is 11.6. The second kappa shape index (κ2) is 2.85. The lowest BCUT2D eigenvalue weighted by molar-refractivity contribution is 0.594. The van der Waals surface area contributed by atoms with Gasteiger partial charge in [0.15, 0.2) is 0 Å². The number of sulfonamides is 1. The van der Waals surface area contributed by atoms with Crippen molar-refractivity contribution in [3.05, 3.63) is 35.4 Å². The molecule has 0 radical (unpaired) electrons. The van der Waals surface area contributed by atoms with Crippen molar-refractivity contribution in [1.29, 1.82) is 0 Å². The van der Waals surface area contributed by atoms with Gasteiger partial charge in [-0.2, -0.15) is 0 Å². The number of rotatable bonds is 0. The highest BCUT2D eigenvalue weighted by molar-refractivity contribution is 7.90. The topological polar surface area (TPSA) is 46.2 Å². The smallest absolute Gasteiger partial charge is 0.262 e. The predicted octanol–water partition coefficient (Wildman–Crippen LogP) is 1.73. The zero-order valence-electron chi connectivity index (χ0n) is 8.03. The molecule has 0 fully saturated rings. The first-order chi connectivity index (χ1) is 6.52. The van der Waals surface area contributed by atoms with Crippen LogP contribution >= 0.6 is 0 Å². The summed E-state index contributed by atoms with van der Waals surface area (Å²) in [4.78, 5) is 0.371. The molecular weight excluding hydrogens is 198 g/mol. The maximum atomic E-state index is 11.6. The van der Waals surface area contributed by atoms with Crippen molar-refractivity contribution in [3.8, 4) is 0 Å². The van der Waals surface area contributed by atoms with E-state index in [1.165, 1.54) is 0 Å². The number of hydrogen-bond donors (Lipinski definition) is 1. The predicted molar refractivity (Wildman–Crippen MR) is 55.0 cm³/mol. The van der Waals surface area contributed by atoms with Crippen molar-refractivity contribution in [2.75, 3.05) is 0 Å². The molecule has 0 unspecified atom stereocenters. The number of allylic oxidation sites excluding steroid dienone is 1. The molecule has 0 bridgehead atoms. The van der Waals surface area contributed by atoms with Crippen LogP contribution in [0.25, 0.3) is 5.70 Å². The van der Waals surface area contributed by atoms with Crippen LogP contribution in [0.1, 0.15) is 19.4 Å². The van der Waals surface area contributed by atoms with Crippen LogP contribution in [0, 0.1) is 0 Å². The molecule has 0 spiro atoms. The first-order valence-electron chi connectivity index (χ1n) is 4.32. The van der Waals surface area contributed by atoms with Crippen molar-refractivity contribution in [2.45, 2.75) is 18.7 Å². The van der Waals surface area contributed by atoms with Crippen LogP contribution in [0.4, 0.5) is 0 Å². The van der Waals surface area contributed by atoms with Crippen LogP contribution < -0.4 is 4.72 Å². The summed E-state index contributed by atoms with van der Waals surface area (Å²) in [5, 5.41) is 0. The van der Waals surface area contributed by atoms with E-state index < -0.39 is 10.0 Å². The van der Waals surface area contributed by atoms with E-state index in [4.69, 9.17) is 0 Å². The lowest BCUT2D eigenvalue weighted by Crippen LogP contribution is -2.14. The number of hydrogen-bond acceptors (Lipinski definition) is 2. The van der Waals surface area contributed by atoms with Gasteiger partial charge in [-0.1, -0.05) is 23.8 Å². The average Bonchev–Trinajstić information content (AvgIpc) is 2.40. The molecule has 3 nitrogen and oxygen atoms in total. The summed E-state index contributed by atoms with van der Waals surface area (Å²) in [6.07, 6.45) is 0. The Balaban J connectivity index is 2.80. The van der Waals surface area contributed by atoms with E-state index in [0.717, 1.165) is 11.1 Å². The summed E-state index contributed by atoms with van der Waals surface area (Å²) in [6.45, 7) is 3.78. The molecular formula is C10H11NO2S. The Morgan fingerprint density at radius 1 is 1.21 bits per heavy atom. The summed E-state index contributed by atoms with van der Waals surface area (Å²) >= 11 is 0. The van der Waals surface area contributed by atoms with Crippen LogP contribution in [0.2, 0.25) is 0 Å². The van der Waals surface area contributed by atoms with Gasteiger partial charge in [0, 0.05) is 5.56 Å². The Morgan fingerprint density at radius 3 is 2.50 bits per heavy atom. The fourth-order valence-corrected chi connectivity index (χ4v) is 2.93. The molecule has 74 valence electrons. The molecule has 0 aromatic heterocycles. The molecule has 1 aliphatic heterocycles. The maximum Gasteiger partial charge on any atom is 0.262 e.